The van der Waals surface area contributed by atoms with E-state index in [4.69, 9.17) is 9.47 Å². The molecule has 11 heteroatoms. The van der Waals surface area contributed by atoms with Crippen molar-refractivity contribution in [2.24, 2.45) is 0 Å². The van der Waals surface area contributed by atoms with E-state index in [0.717, 1.165) is 5.56 Å². The molecule has 1 aromatic heterocycles. The number of nitrogens with one attached hydrogen (secondary N) is 3. The number of aromatic nitrogens is 1. The van der Waals surface area contributed by atoms with Gasteiger partial charge in [0, 0.05) is 18.8 Å². The number of ether oxygens (including phenoxy) is 2. The molecule has 1 heterocycles. The molecule has 3 amide bonds. The number of pyridine rings is 1. The molecule has 46 heavy (non-hydrogen) atoms. The van der Waals surface area contributed by atoms with Crippen LogP contribution in [0.1, 0.15) is 47.6 Å². The van der Waals surface area contributed by atoms with E-state index in [1.54, 1.807) is 25.1 Å². The Hall–Kier alpha value is -5.19. The highest BCUT2D eigenvalue weighted by molar-refractivity contribution is 5.96. The van der Waals surface area contributed by atoms with Crippen molar-refractivity contribution in [2.45, 2.75) is 66.2 Å². The van der Waals surface area contributed by atoms with Crippen LogP contribution in [0.25, 0.3) is 0 Å². The third-order valence-electron chi connectivity index (χ3n) is 7.11. The van der Waals surface area contributed by atoms with Crippen molar-refractivity contribution in [3.63, 3.8) is 0 Å². The maximum Gasteiger partial charge on any atom is 0.408 e. The van der Waals surface area contributed by atoms with Crippen molar-refractivity contribution in [1.29, 1.82) is 0 Å². The summed E-state index contributed by atoms with van der Waals surface area (Å²) in [5, 5.41) is 7.96. The van der Waals surface area contributed by atoms with Crippen LogP contribution in [0, 0.1) is 20.8 Å². The largest absolute Gasteiger partial charge is 0.463 e. The molecular weight excluding hydrogens is 588 g/mol. The second-order valence-corrected chi connectivity index (χ2v) is 10.8. The van der Waals surface area contributed by atoms with Crippen LogP contribution in [0.15, 0.2) is 77.7 Å². The Morgan fingerprint density at radius 3 is 2.37 bits per heavy atom. The van der Waals surface area contributed by atoms with Gasteiger partial charge in [0.15, 0.2) is 0 Å². The van der Waals surface area contributed by atoms with Gasteiger partial charge in [0.2, 0.25) is 11.8 Å². The quantitative estimate of drug-likeness (QED) is 0.168. The smallest absolute Gasteiger partial charge is 0.408 e. The van der Waals surface area contributed by atoms with Gasteiger partial charge < -0.3 is 30.0 Å². The zero-order valence-electron chi connectivity index (χ0n) is 26.8. The maximum absolute atomic E-state index is 13.3. The Morgan fingerprint density at radius 1 is 0.957 bits per heavy atom. The predicted octanol–water partition coefficient (Wildman–Crippen LogP) is 4.27. The van der Waals surface area contributed by atoms with E-state index < -0.39 is 29.6 Å². The second kappa shape index (κ2) is 17.9. The normalized spacial score (nSPS) is 11.5. The van der Waals surface area contributed by atoms with Crippen LogP contribution in [-0.4, -0.2) is 47.6 Å². The SMILES string of the molecule is CCOC(=O)C=CCCC(NC(=O)OCc1ccccc1)C(=O)Nc1cccn(CC(=O)NCCc2c(C)cc(C)cc2C)c1=O. The molecule has 1 unspecified atom stereocenters. The molecule has 244 valence electrons. The number of hydrogen-bond acceptors (Lipinski definition) is 7. The number of carbonyl (C=O) groups excluding carboxylic acids is 4. The van der Waals surface area contributed by atoms with E-state index in [0.29, 0.717) is 13.0 Å². The van der Waals surface area contributed by atoms with Crippen LogP contribution in [0.4, 0.5) is 10.5 Å². The highest BCUT2D eigenvalue weighted by Gasteiger charge is 2.22. The topological polar surface area (TPSA) is 145 Å². The summed E-state index contributed by atoms with van der Waals surface area (Å²) in [5.41, 5.74) is 4.82. The van der Waals surface area contributed by atoms with E-state index >= 15 is 0 Å². The second-order valence-electron chi connectivity index (χ2n) is 10.8. The summed E-state index contributed by atoms with van der Waals surface area (Å²) < 4.78 is 11.3. The lowest BCUT2D eigenvalue weighted by Crippen LogP contribution is -2.45. The number of rotatable bonds is 15. The summed E-state index contributed by atoms with van der Waals surface area (Å²) in [7, 11) is 0. The summed E-state index contributed by atoms with van der Waals surface area (Å²) in [6.07, 6.45) is 4.43. The standard InChI is InChI=1S/C35H42N4O7/c1-5-45-32(41)16-10-9-14-29(38-35(44)46-23-27-12-7-6-8-13-27)33(42)37-30-15-11-19-39(34(30)43)22-31(40)36-18-17-28-25(3)20-24(2)21-26(28)4/h6-8,10-13,15-16,19-21,29H,5,9,14,17-18,22-23H2,1-4H3,(H,36,40)(H,37,42)(H,38,44). The minimum Gasteiger partial charge on any atom is -0.463 e. The maximum atomic E-state index is 13.3. The molecule has 0 bridgehead atoms. The van der Waals surface area contributed by atoms with Crippen LogP contribution < -0.4 is 21.5 Å². The molecule has 0 aliphatic carbocycles. The van der Waals surface area contributed by atoms with Crippen molar-refractivity contribution in [1.82, 2.24) is 15.2 Å². The Kier molecular flexibility index (Phi) is 13.8. The minimum absolute atomic E-state index is 0.000531. The van der Waals surface area contributed by atoms with Gasteiger partial charge in [-0.2, -0.15) is 0 Å². The number of nitrogens with zero attached hydrogens (tertiary/aromatic N) is 1. The Bertz CT molecular complexity index is 1570. The van der Waals surface area contributed by atoms with E-state index in [1.165, 1.54) is 51.2 Å². The van der Waals surface area contributed by atoms with E-state index in [-0.39, 0.29) is 44.2 Å². The van der Waals surface area contributed by atoms with Crippen LogP contribution in [-0.2, 0) is 43.4 Å². The fourth-order valence-corrected chi connectivity index (χ4v) is 4.93. The van der Waals surface area contributed by atoms with Crippen LogP contribution in [0.2, 0.25) is 0 Å². The highest BCUT2D eigenvalue weighted by atomic mass is 16.5. The first-order valence-corrected chi connectivity index (χ1v) is 15.2. The number of carbonyl (C=O) groups is 4. The number of benzene rings is 2. The van der Waals surface area contributed by atoms with Gasteiger partial charge in [-0.1, -0.05) is 54.1 Å². The summed E-state index contributed by atoms with van der Waals surface area (Å²) in [6, 6.07) is 15.1. The van der Waals surface area contributed by atoms with E-state index in [2.05, 4.69) is 28.1 Å². The van der Waals surface area contributed by atoms with Gasteiger partial charge in [0.1, 0.15) is 24.9 Å². The van der Waals surface area contributed by atoms with Crippen molar-refractivity contribution in [3.05, 3.63) is 111 Å². The van der Waals surface area contributed by atoms with Crippen LogP contribution in [0.3, 0.4) is 0 Å². The molecule has 0 aliphatic heterocycles. The number of allylic oxidation sites excluding steroid dienone is 1. The number of aryl methyl sites for hydroxylation is 3. The molecule has 11 nitrogen and oxygen atoms in total. The molecule has 3 aromatic rings. The summed E-state index contributed by atoms with van der Waals surface area (Å²) in [5.74, 6) is -1.53. The van der Waals surface area contributed by atoms with Gasteiger partial charge in [0.05, 0.1) is 6.61 Å². The fraction of sp³-hybridized carbons (Fsp3) is 0.343. The zero-order chi connectivity index (χ0) is 33.5. The first-order chi connectivity index (χ1) is 22.1. The van der Waals surface area contributed by atoms with Crippen molar-refractivity contribution < 1.29 is 28.7 Å². The average molecular weight is 631 g/mol. The molecule has 3 rings (SSSR count). The van der Waals surface area contributed by atoms with Crippen molar-refractivity contribution in [3.8, 4) is 0 Å². The number of hydrogen-bond donors (Lipinski definition) is 3. The lowest BCUT2D eigenvalue weighted by atomic mass is 9.97. The third kappa shape index (κ3) is 11.4. The third-order valence-corrected chi connectivity index (χ3v) is 7.11. The first kappa shape index (κ1) is 35.3. The number of anilines is 1. The van der Waals surface area contributed by atoms with Gasteiger partial charge in [-0.3, -0.25) is 14.4 Å². The molecule has 3 N–H and O–H groups in total. The van der Waals surface area contributed by atoms with Crippen LogP contribution in [0.5, 0.6) is 0 Å². The lowest BCUT2D eigenvalue weighted by molar-refractivity contribution is -0.137. The predicted molar refractivity (Wildman–Crippen MR) is 175 cm³/mol. The van der Waals surface area contributed by atoms with Crippen molar-refractivity contribution >= 4 is 29.6 Å². The minimum atomic E-state index is -1.10. The molecule has 1 atom stereocenters. The Labute approximate surface area is 269 Å². The Morgan fingerprint density at radius 2 is 1.67 bits per heavy atom. The first-order valence-electron chi connectivity index (χ1n) is 15.2. The summed E-state index contributed by atoms with van der Waals surface area (Å²) in [4.78, 5) is 63.3. The summed E-state index contributed by atoms with van der Waals surface area (Å²) >= 11 is 0. The highest BCUT2D eigenvalue weighted by Crippen LogP contribution is 2.16. The lowest BCUT2D eigenvalue weighted by Gasteiger charge is -2.18. The van der Waals surface area contributed by atoms with Gasteiger partial charge in [0.25, 0.3) is 5.56 Å². The van der Waals surface area contributed by atoms with E-state index in [9.17, 15) is 24.0 Å². The number of alkyl carbamates (subject to hydrolysis) is 1. The van der Waals surface area contributed by atoms with Gasteiger partial charge in [-0.05, 0) is 81.3 Å². The zero-order valence-corrected chi connectivity index (χ0v) is 26.8. The average Bonchev–Trinajstić information content (AvgIpc) is 3.01. The molecule has 0 aliphatic rings. The molecule has 0 spiro atoms. The van der Waals surface area contributed by atoms with Gasteiger partial charge in [-0.25, -0.2) is 9.59 Å². The Balaban J connectivity index is 1.62. The van der Waals surface area contributed by atoms with E-state index in [1.807, 2.05) is 39.0 Å². The van der Waals surface area contributed by atoms with Crippen LogP contribution >= 0.6 is 0 Å². The van der Waals surface area contributed by atoms with Gasteiger partial charge >= 0.3 is 12.1 Å². The monoisotopic (exact) mass is 630 g/mol. The number of esters is 1. The molecule has 0 fully saturated rings. The van der Waals surface area contributed by atoms with Crippen molar-refractivity contribution in [2.75, 3.05) is 18.5 Å². The molecule has 0 radical (unpaired) electrons. The molecular formula is C35H42N4O7. The molecule has 2 aromatic carbocycles. The number of amides is 3. The van der Waals surface area contributed by atoms with Gasteiger partial charge in [-0.15, -0.1) is 0 Å². The fourth-order valence-electron chi connectivity index (χ4n) is 4.93. The summed E-state index contributed by atoms with van der Waals surface area (Å²) in [6.45, 7) is 8.23. The molecule has 0 saturated carbocycles. The molecule has 0 saturated heterocycles.